The number of piperazine rings is 1. The van der Waals surface area contributed by atoms with Crippen LogP contribution in [0.25, 0.3) is 27.8 Å². The molecule has 0 amide bonds. The van der Waals surface area contributed by atoms with Gasteiger partial charge in [0.1, 0.15) is 18.0 Å². The smallest absolute Gasteiger partial charge is 0.150 e. The van der Waals surface area contributed by atoms with E-state index in [1.54, 1.807) is 12.4 Å². The molecular formula is C29H26FN5. The van der Waals surface area contributed by atoms with E-state index in [1.165, 1.54) is 11.6 Å². The van der Waals surface area contributed by atoms with E-state index in [0.29, 0.717) is 5.69 Å². The highest BCUT2D eigenvalue weighted by Gasteiger charge is 2.25. The van der Waals surface area contributed by atoms with Crippen molar-refractivity contribution < 1.29 is 4.39 Å². The highest BCUT2D eigenvalue weighted by Crippen LogP contribution is 2.37. The first-order valence-electron chi connectivity index (χ1n) is 11.9. The summed E-state index contributed by atoms with van der Waals surface area (Å²) >= 11 is 0. The van der Waals surface area contributed by atoms with Crippen molar-refractivity contribution >= 4 is 22.5 Å². The Balaban J connectivity index is 1.43. The molecule has 0 radical (unpaired) electrons. The molecule has 1 aliphatic heterocycles. The van der Waals surface area contributed by atoms with Gasteiger partial charge in [-0.25, -0.2) is 14.4 Å². The number of anilines is 2. The summed E-state index contributed by atoms with van der Waals surface area (Å²) in [6.07, 6.45) is 3.82. The second kappa shape index (κ2) is 8.87. The van der Waals surface area contributed by atoms with E-state index in [1.807, 2.05) is 18.2 Å². The summed E-state index contributed by atoms with van der Waals surface area (Å²) in [6.45, 7) is 5.06. The van der Waals surface area contributed by atoms with Crippen LogP contribution in [0.2, 0.25) is 0 Å². The number of rotatable bonds is 4. The molecule has 2 aromatic heterocycles. The maximum Gasteiger partial charge on any atom is 0.150 e. The molecule has 3 heterocycles. The molecule has 0 spiro atoms. The number of hydrogen-bond acceptors (Lipinski definition) is 4. The van der Waals surface area contributed by atoms with Crippen molar-refractivity contribution in [3.05, 3.63) is 103 Å². The Hall–Kier alpha value is -4.19. The number of benzene rings is 3. The largest absolute Gasteiger partial charge is 0.366 e. The van der Waals surface area contributed by atoms with Crippen molar-refractivity contribution in [2.45, 2.75) is 6.92 Å². The fraction of sp³-hybridized carbons (Fsp3) is 0.172. The van der Waals surface area contributed by atoms with E-state index in [2.05, 4.69) is 76.0 Å². The second-order valence-electron chi connectivity index (χ2n) is 8.94. The van der Waals surface area contributed by atoms with Gasteiger partial charge in [-0.1, -0.05) is 54.6 Å². The Bertz CT molecular complexity index is 1490. The molecule has 1 saturated heterocycles. The zero-order chi connectivity index (χ0) is 23.8. The minimum Gasteiger partial charge on any atom is -0.366 e. The van der Waals surface area contributed by atoms with E-state index in [0.717, 1.165) is 59.8 Å². The molecule has 1 aliphatic rings. The third-order valence-electron chi connectivity index (χ3n) is 6.70. The zero-order valence-corrected chi connectivity index (χ0v) is 19.6. The van der Waals surface area contributed by atoms with Crippen LogP contribution in [0, 0.1) is 12.7 Å². The molecule has 0 N–H and O–H groups in total. The van der Waals surface area contributed by atoms with E-state index in [9.17, 15) is 4.39 Å². The van der Waals surface area contributed by atoms with Gasteiger partial charge in [0.25, 0.3) is 0 Å². The Morgan fingerprint density at radius 2 is 1.51 bits per heavy atom. The highest BCUT2D eigenvalue weighted by molar-refractivity contribution is 6.02. The fourth-order valence-electron chi connectivity index (χ4n) is 4.96. The van der Waals surface area contributed by atoms with E-state index >= 15 is 0 Å². The second-order valence-corrected chi connectivity index (χ2v) is 8.94. The normalized spacial score (nSPS) is 14.0. The summed E-state index contributed by atoms with van der Waals surface area (Å²) in [4.78, 5) is 13.9. The monoisotopic (exact) mass is 463 g/mol. The standard InChI is InChI=1S/C29H26FN5/c1-21-8-7-11-23(18-21)35-19-24(22-9-3-2-4-10-22)27-28(31-20-32-29(27)35)34-16-14-33(15-17-34)26-13-6-5-12-25(26)30/h2-13,18-20H,14-17H2,1H3. The van der Waals surface area contributed by atoms with Gasteiger partial charge in [-0.3, -0.25) is 0 Å². The third-order valence-corrected chi connectivity index (χ3v) is 6.70. The molecule has 0 unspecified atom stereocenters. The lowest BCUT2D eigenvalue weighted by molar-refractivity contribution is 0.596. The Morgan fingerprint density at radius 1 is 0.771 bits per heavy atom. The molecular weight excluding hydrogens is 437 g/mol. The summed E-state index contributed by atoms with van der Waals surface area (Å²) < 4.78 is 16.5. The van der Waals surface area contributed by atoms with Gasteiger partial charge in [0.15, 0.2) is 5.65 Å². The van der Waals surface area contributed by atoms with Crippen LogP contribution < -0.4 is 9.80 Å². The molecule has 6 heteroatoms. The molecule has 0 saturated carbocycles. The van der Waals surface area contributed by atoms with Crippen molar-refractivity contribution in [1.29, 1.82) is 0 Å². The zero-order valence-electron chi connectivity index (χ0n) is 19.6. The minimum absolute atomic E-state index is 0.174. The van der Waals surface area contributed by atoms with Gasteiger partial charge in [0.05, 0.1) is 11.1 Å². The van der Waals surface area contributed by atoms with Crippen molar-refractivity contribution in [1.82, 2.24) is 14.5 Å². The Morgan fingerprint density at radius 3 is 2.29 bits per heavy atom. The minimum atomic E-state index is -0.174. The number of fused-ring (bicyclic) bond motifs is 1. The highest BCUT2D eigenvalue weighted by atomic mass is 19.1. The lowest BCUT2D eigenvalue weighted by atomic mass is 10.1. The first kappa shape index (κ1) is 21.4. The van der Waals surface area contributed by atoms with Gasteiger partial charge in [0, 0.05) is 43.6 Å². The van der Waals surface area contributed by atoms with Crippen LogP contribution in [-0.2, 0) is 0 Å². The lowest BCUT2D eigenvalue weighted by Gasteiger charge is -2.37. The van der Waals surface area contributed by atoms with E-state index < -0.39 is 0 Å². The first-order chi connectivity index (χ1) is 17.2. The van der Waals surface area contributed by atoms with Crippen LogP contribution in [0.15, 0.2) is 91.4 Å². The van der Waals surface area contributed by atoms with Crippen molar-refractivity contribution in [3.8, 4) is 16.8 Å². The predicted octanol–water partition coefficient (Wildman–Crippen LogP) is 5.86. The SMILES string of the molecule is Cc1cccc(-n2cc(-c3ccccc3)c3c(N4CCN(c5ccccc5F)CC4)ncnc32)c1. The summed E-state index contributed by atoms with van der Waals surface area (Å²) in [7, 11) is 0. The molecule has 3 aromatic carbocycles. The summed E-state index contributed by atoms with van der Waals surface area (Å²) in [5.41, 5.74) is 6.06. The fourth-order valence-corrected chi connectivity index (χ4v) is 4.96. The van der Waals surface area contributed by atoms with Crippen LogP contribution in [0.1, 0.15) is 5.56 Å². The number of halogens is 1. The molecule has 1 fully saturated rings. The summed E-state index contributed by atoms with van der Waals surface area (Å²) in [5.74, 6) is 0.750. The lowest BCUT2D eigenvalue weighted by Crippen LogP contribution is -2.47. The summed E-state index contributed by atoms with van der Waals surface area (Å²) in [6, 6.07) is 25.8. The van der Waals surface area contributed by atoms with Crippen LogP contribution >= 0.6 is 0 Å². The maximum atomic E-state index is 14.4. The third kappa shape index (κ3) is 3.91. The Labute approximate surface area is 204 Å². The average Bonchev–Trinajstić information content (AvgIpc) is 3.30. The van der Waals surface area contributed by atoms with Crippen LogP contribution in [0.4, 0.5) is 15.9 Å². The van der Waals surface area contributed by atoms with Crippen LogP contribution in [-0.4, -0.2) is 40.7 Å². The van der Waals surface area contributed by atoms with Crippen LogP contribution in [0.3, 0.4) is 0 Å². The number of nitrogens with zero attached hydrogens (tertiary/aromatic N) is 5. The van der Waals surface area contributed by atoms with Crippen molar-refractivity contribution in [2.75, 3.05) is 36.0 Å². The summed E-state index contributed by atoms with van der Waals surface area (Å²) in [5, 5.41) is 1.04. The molecule has 0 atom stereocenters. The first-order valence-corrected chi connectivity index (χ1v) is 11.9. The molecule has 0 bridgehead atoms. The van der Waals surface area contributed by atoms with Gasteiger partial charge in [-0.2, -0.15) is 0 Å². The van der Waals surface area contributed by atoms with E-state index in [4.69, 9.17) is 9.97 Å². The molecule has 174 valence electrons. The average molecular weight is 464 g/mol. The van der Waals surface area contributed by atoms with Gasteiger partial charge in [0.2, 0.25) is 0 Å². The maximum absolute atomic E-state index is 14.4. The molecule has 5 aromatic rings. The van der Waals surface area contributed by atoms with Crippen molar-refractivity contribution in [2.24, 2.45) is 0 Å². The van der Waals surface area contributed by atoms with Gasteiger partial charge >= 0.3 is 0 Å². The molecule has 5 nitrogen and oxygen atoms in total. The number of aromatic nitrogens is 3. The van der Waals surface area contributed by atoms with Gasteiger partial charge in [-0.05, 0) is 42.3 Å². The van der Waals surface area contributed by atoms with Crippen LogP contribution in [0.5, 0.6) is 0 Å². The number of aryl methyl sites for hydroxylation is 1. The van der Waals surface area contributed by atoms with Gasteiger partial charge < -0.3 is 14.4 Å². The number of para-hydroxylation sites is 1. The Kier molecular flexibility index (Phi) is 5.41. The van der Waals surface area contributed by atoms with E-state index in [-0.39, 0.29) is 5.82 Å². The molecule has 35 heavy (non-hydrogen) atoms. The molecule has 0 aliphatic carbocycles. The topological polar surface area (TPSA) is 37.2 Å². The number of hydrogen-bond donors (Lipinski definition) is 0. The predicted molar refractivity (Wildman–Crippen MR) is 140 cm³/mol. The van der Waals surface area contributed by atoms with Crippen molar-refractivity contribution in [3.63, 3.8) is 0 Å². The molecule has 6 rings (SSSR count). The quantitative estimate of drug-likeness (QED) is 0.335. The van der Waals surface area contributed by atoms with Gasteiger partial charge in [-0.15, -0.1) is 0 Å².